The molecule has 0 N–H and O–H groups in total. The quantitative estimate of drug-likeness (QED) is 0.177. The second-order valence-corrected chi connectivity index (χ2v) is 15.2. The summed E-state index contributed by atoms with van der Waals surface area (Å²) in [5, 5.41) is 8.86. The van der Waals surface area contributed by atoms with Crippen molar-refractivity contribution < 1.29 is 0 Å². The van der Waals surface area contributed by atoms with E-state index in [0.717, 1.165) is 39.6 Å². The van der Waals surface area contributed by atoms with E-state index in [1.807, 2.05) is 24.3 Å². The summed E-state index contributed by atoms with van der Waals surface area (Å²) in [6.07, 6.45) is 6.56. The third kappa shape index (κ3) is 5.26. The van der Waals surface area contributed by atoms with Crippen LogP contribution in [0.15, 0.2) is 146 Å². The molecule has 0 spiro atoms. The maximum atomic E-state index is 5.02. The molecule has 55 heavy (non-hydrogen) atoms. The standard InChI is InChI=1S/C50H38N4S/c1-5-31(4)50-51-42(32-16-10-8-11-17-32)28-43(52-50)33-22-24-35(25-23-33)53-44(7-3)36(6-2)38-26-40-41-27-39-37-20-14-15-21-45(37)54(34-18-12-9-13-19-34)47(39)30-49(41)55-48(40)29-46(38)53/h5-30H,1-4H3/b31-5+,36-6-,44-7+. The molecule has 5 heteroatoms. The molecule has 0 bridgehead atoms. The second kappa shape index (κ2) is 13.1. The molecule has 0 atom stereocenters. The minimum absolute atomic E-state index is 0.750. The summed E-state index contributed by atoms with van der Waals surface area (Å²) in [5.41, 5.74) is 11.0. The molecule has 0 saturated carbocycles. The molecule has 6 aromatic carbocycles. The van der Waals surface area contributed by atoms with Gasteiger partial charge in [0.2, 0.25) is 0 Å². The average molecular weight is 727 g/mol. The van der Waals surface area contributed by atoms with Gasteiger partial charge < -0.3 is 9.13 Å². The lowest BCUT2D eigenvalue weighted by atomic mass is 10.1. The molecular weight excluding hydrogens is 689 g/mol. The Balaban J connectivity index is 1.15. The van der Waals surface area contributed by atoms with Crippen molar-refractivity contribution in [2.45, 2.75) is 27.7 Å². The first-order valence-corrected chi connectivity index (χ1v) is 19.7. The van der Waals surface area contributed by atoms with Gasteiger partial charge in [0.05, 0.1) is 27.9 Å². The van der Waals surface area contributed by atoms with Crippen molar-refractivity contribution in [2.24, 2.45) is 0 Å². The molecule has 0 amide bonds. The summed E-state index contributed by atoms with van der Waals surface area (Å²) in [6.45, 7) is 8.39. The monoisotopic (exact) mass is 726 g/mol. The third-order valence-electron chi connectivity index (χ3n) is 11.0. The highest BCUT2D eigenvalue weighted by atomic mass is 32.1. The van der Waals surface area contributed by atoms with E-state index in [4.69, 9.17) is 9.97 Å². The van der Waals surface area contributed by atoms with Gasteiger partial charge in [0, 0.05) is 69.4 Å². The van der Waals surface area contributed by atoms with E-state index in [2.05, 4.69) is 182 Å². The number of rotatable bonds is 5. The summed E-state index contributed by atoms with van der Waals surface area (Å²) in [4.78, 5) is 9.94. The van der Waals surface area contributed by atoms with Gasteiger partial charge in [-0.2, -0.15) is 0 Å². The smallest absolute Gasteiger partial charge is 0.155 e. The number of thiophene rings is 1. The Morgan fingerprint density at radius 1 is 0.509 bits per heavy atom. The van der Waals surface area contributed by atoms with Crippen molar-refractivity contribution in [2.75, 3.05) is 0 Å². The van der Waals surface area contributed by atoms with Crippen molar-refractivity contribution in [1.82, 2.24) is 19.1 Å². The minimum Gasteiger partial charge on any atom is -0.310 e. The molecule has 10 aromatic rings. The van der Waals surface area contributed by atoms with Crippen LogP contribution >= 0.6 is 11.3 Å². The summed E-state index contributed by atoms with van der Waals surface area (Å²) in [5.74, 6) is 0.750. The van der Waals surface area contributed by atoms with E-state index in [1.54, 1.807) is 0 Å². The number of allylic oxidation sites excluding steroid dienone is 2. The van der Waals surface area contributed by atoms with Gasteiger partial charge in [-0.3, -0.25) is 0 Å². The van der Waals surface area contributed by atoms with Crippen molar-refractivity contribution >= 4 is 81.9 Å². The maximum Gasteiger partial charge on any atom is 0.155 e. The first kappa shape index (κ1) is 33.0. The molecule has 10 rings (SSSR count). The Bertz CT molecular complexity index is 3270. The molecule has 4 heterocycles. The van der Waals surface area contributed by atoms with Crippen molar-refractivity contribution in [1.29, 1.82) is 0 Å². The van der Waals surface area contributed by atoms with Crippen LogP contribution in [0.25, 0.3) is 104 Å². The minimum atomic E-state index is 0.750. The molecule has 0 unspecified atom stereocenters. The molecule has 0 aliphatic carbocycles. The SMILES string of the molecule is C/C=c1\c(=C/C)n(-c2ccc(-c3cc(-c4ccccc4)nc(/C(C)=C/C)n3)cc2)c2cc3sc4cc5c(cc4c3cc12)c1ccccc1n5-c1ccccc1. The maximum absolute atomic E-state index is 5.02. The Labute approximate surface area is 323 Å². The van der Waals surface area contributed by atoms with Crippen molar-refractivity contribution in [3.8, 4) is 33.9 Å². The number of benzene rings is 6. The predicted octanol–water partition coefficient (Wildman–Crippen LogP) is 12.2. The van der Waals surface area contributed by atoms with E-state index >= 15 is 0 Å². The highest BCUT2D eigenvalue weighted by Crippen LogP contribution is 2.42. The second-order valence-electron chi connectivity index (χ2n) is 14.1. The molecule has 264 valence electrons. The normalized spacial score (nSPS) is 13.1. The fourth-order valence-electron chi connectivity index (χ4n) is 8.22. The van der Waals surface area contributed by atoms with Gasteiger partial charge >= 0.3 is 0 Å². The summed E-state index contributed by atoms with van der Waals surface area (Å²) in [7, 11) is 0. The lowest BCUT2D eigenvalue weighted by Crippen LogP contribution is -2.27. The zero-order chi connectivity index (χ0) is 37.2. The fourth-order valence-corrected chi connectivity index (χ4v) is 9.36. The first-order chi connectivity index (χ1) is 27.0. The summed E-state index contributed by atoms with van der Waals surface area (Å²) < 4.78 is 7.40. The van der Waals surface area contributed by atoms with Crippen LogP contribution in [0.3, 0.4) is 0 Å². The largest absolute Gasteiger partial charge is 0.310 e. The van der Waals surface area contributed by atoms with Crippen LogP contribution in [0.2, 0.25) is 0 Å². The zero-order valence-electron chi connectivity index (χ0n) is 31.2. The Hall–Kier alpha value is -6.56. The van der Waals surface area contributed by atoms with Crippen LogP contribution < -0.4 is 10.6 Å². The number of fused-ring (bicyclic) bond motifs is 7. The van der Waals surface area contributed by atoms with Gasteiger partial charge in [0.25, 0.3) is 0 Å². The molecule has 0 fully saturated rings. The topological polar surface area (TPSA) is 35.6 Å². The Morgan fingerprint density at radius 3 is 1.75 bits per heavy atom. The predicted molar refractivity (Wildman–Crippen MR) is 236 cm³/mol. The summed E-state index contributed by atoms with van der Waals surface area (Å²) in [6, 6.07) is 50.4. The number of aromatic nitrogens is 4. The molecular formula is C50H38N4S. The van der Waals surface area contributed by atoms with Crippen LogP contribution in [0.5, 0.6) is 0 Å². The van der Waals surface area contributed by atoms with Crippen LogP contribution in [-0.4, -0.2) is 19.1 Å². The van der Waals surface area contributed by atoms with E-state index in [9.17, 15) is 0 Å². The van der Waals surface area contributed by atoms with Gasteiger partial charge in [0.1, 0.15) is 0 Å². The highest BCUT2D eigenvalue weighted by Gasteiger charge is 2.18. The first-order valence-electron chi connectivity index (χ1n) is 18.8. The molecule has 0 aliphatic heterocycles. The van der Waals surface area contributed by atoms with Gasteiger partial charge in [-0.1, -0.05) is 97.1 Å². The molecule has 0 saturated heterocycles. The number of para-hydroxylation sites is 2. The van der Waals surface area contributed by atoms with E-state index < -0.39 is 0 Å². The van der Waals surface area contributed by atoms with E-state index in [1.165, 1.54) is 69.1 Å². The van der Waals surface area contributed by atoms with Crippen LogP contribution in [0.1, 0.15) is 33.5 Å². The van der Waals surface area contributed by atoms with Crippen LogP contribution in [-0.2, 0) is 0 Å². The molecule has 4 aromatic heterocycles. The van der Waals surface area contributed by atoms with E-state index in [-0.39, 0.29) is 0 Å². The lowest BCUT2D eigenvalue weighted by molar-refractivity contribution is 1.07. The fraction of sp³-hybridized carbons (Fsp3) is 0.0800. The number of hydrogen-bond donors (Lipinski definition) is 0. The van der Waals surface area contributed by atoms with E-state index in [0.29, 0.717) is 0 Å². The van der Waals surface area contributed by atoms with Gasteiger partial charge in [-0.15, -0.1) is 11.3 Å². The number of hydrogen-bond acceptors (Lipinski definition) is 3. The zero-order valence-corrected chi connectivity index (χ0v) is 32.0. The molecule has 4 nitrogen and oxygen atoms in total. The van der Waals surface area contributed by atoms with Crippen LogP contribution in [0, 0.1) is 0 Å². The Morgan fingerprint density at radius 2 is 1.09 bits per heavy atom. The lowest BCUT2D eigenvalue weighted by Gasteiger charge is -2.11. The Kier molecular flexibility index (Phi) is 7.86. The van der Waals surface area contributed by atoms with Gasteiger partial charge in [-0.05, 0) is 93.9 Å². The molecule has 0 radical (unpaired) electrons. The third-order valence-corrected chi connectivity index (χ3v) is 12.1. The van der Waals surface area contributed by atoms with Gasteiger partial charge in [-0.25, -0.2) is 9.97 Å². The summed E-state index contributed by atoms with van der Waals surface area (Å²) >= 11 is 1.88. The van der Waals surface area contributed by atoms with Gasteiger partial charge in [0.15, 0.2) is 5.82 Å². The number of nitrogens with zero attached hydrogens (tertiary/aromatic N) is 4. The highest BCUT2D eigenvalue weighted by molar-refractivity contribution is 7.26. The molecule has 0 aliphatic rings. The van der Waals surface area contributed by atoms with Crippen molar-refractivity contribution in [3.05, 3.63) is 162 Å². The van der Waals surface area contributed by atoms with Crippen molar-refractivity contribution in [3.63, 3.8) is 0 Å². The van der Waals surface area contributed by atoms with Crippen LogP contribution in [0.4, 0.5) is 0 Å². The average Bonchev–Trinajstić information content (AvgIpc) is 3.88.